The highest BCUT2D eigenvalue weighted by Gasteiger charge is 2.40. The fraction of sp³-hybridized carbons (Fsp3) is 0.303. The van der Waals surface area contributed by atoms with E-state index in [1.54, 1.807) is 10.3 Å². The number of carbonyl (C=O) groups is 2. The van der Waals surface area contributed by atoms with E-state index in [0.29, 0.717) is 31.6 Å². The molecule has 1 unspecified atom stereocenters. The number of primary amides is 1. The first-order valence-electron chi connectivity index (χ1n) is 14.2. The summed E-state index contributed by atoms with van der Waals surface area (Å²) in [7, 11) is 0. The number of β-lactam (4-membered cyclic amide) rings is 1. The summed E-state index contributed by atoms with van der Waals surface area (Å²) >= 11 is 1.41. The number of rotatable bonds is 14. The minimum Gasteiger partial charge on any atom is -0.489 e. The third-order valence-electron chi connectivity index (χ3n) is 7.73. The molecule has 5 N–H and O–H groups in total. The van der Waals surface area contributed by atoms with Crippen LogP contribution in [0.5, 0.6) is 5.75 Å². The van der Waals surface area contributed by atoms with Crippen LogP contribution in [-0.2, 0) is 30.7 Å². The van der Waals surface area contributed by atoms with Crippen molar-refractivity contribution in [3.8, 4) is 5.75 Å². The Morgan fingerprint density at radius 2 is 1.70 bits per heavy atom. The molecule has 1 atom stereocenters. The normalized spacial score (nSPS) is 14.9. The number of anilines is 1. The van der Waals surface area contributed by atoms with Crippen LogP contribution in [0.1, 0.15) is 56.6 Å². The Balaban J connectivity index is 1.34. The van der Waals surface area contributed by atoms with E-state index in [1.165, 1.54) is 11.3 Å². The molecule has 0 spiro atoms. The average Bonchev–Trinajstić information content (AvgIpc) is 3.51. The molecule has 3 aromatic carbocycles. The van der Waals surface area contributed by atoms with Gasteiger partial charge in [-0.3, -0.25) is 9.59 Å². The number of aryl methyl sites for hydroxylation is 3. The van der Waals surface area contributed by atoms with Crippen LogP contribution in [0.25, 0.3) is 0 Å². The zero-order valence-corrected chi connectivity index (χ0v) is 24.5. The number of ether oxygens (including phenoxy) is 1. The van der Waals surface area contributed by atoms with E-state index in [1.807, 2.05) is 72.8 Å². The van der Waals surface area contributed by atoms with Crippen molar-refractivity contribution in [2.24, 2.45) is 5.73 Å². The van der Waals surface area contributed by atoms with Crippen LogP contribution in [-0.4, -0.2) is 50.9 Å². The Labute approximate surface area is 254 Å². The summed E-state index contributed by atoms with van der Waals surface area (Å²) in [5.74, 6) is 0.149. The number of aromatic nitrogens is 1. The number of aliphatic hydroxyl groups excluding tert-OH is 2. The van der Waals surface area contributed by atoms with E-state index in [2.05, 4.69) is 4.98 Å². The van der Waals surface area contributed by atoms with Gasteiger partial charge in [-0.1, -0.05) is 48.5 Å². The molecule has 2 heterocycles. The topological polar surface area (TPSA) is 146 Å². The van der Waals surface area contributed by atoms with Crippen molar-refractivity contribution < 1.29 is 29.6 Å². The standard InChI is InChI=1S/C33H35N3O6S/c34-32(40)27-19-43-30(35-27)13-9-22-6-10-25(11-7-22)36-28(17-31(36)39)26-16-23(14-15-33(41,20-37)21-38)8-12-29(26)42-18-24-4-2-1-3-5-24/h1-8,10-12,16,19,28,37-38,41H,9,13-15,17-18,20-21H2,(H2,34,40). The van der Waals surface area contributed by atoms with Crippen LogP contribution in [0.2, 0.25) is 0 Å². The van der Waals surface area contributed by atoms with E-state index >= 15 is 0 Å². The van der Waals surface area contributed by atoms with Gasteiger partial charge in [-0.05, 0) is 60.2 Å². The van der Waals surface area contributed by atoms with Gasteiger partial charge in [0.25, 0.3) is 5.91 Å². The lowest BCUT2D eigenvalue weighted by Crippen LogP contribution is -2.46. The first kappa shape index (κ1) is 30.4. The first-order chi connectivity index (χ1) is 20.8. The van der Waals surface area contributed by atoms with Crippen LogP contribution in [0.3, 0.4) is 0 Å². The molecule has 9 nitrogen and oxygen atoms in total. The summed E-state index contributed by atoms with van der Waals surface area (Å²) in [5.41, 5.74) is 8.68. The van der Waals surface area contributed by atoms with Gasteiger partial charge in [0.15, 0.2) is 0 Å². The molecule has 1 aliphatic heterocycles. The fourth-order valence-corrected chi connectivity index (χ4v) is 5.86. The summed E-state index contributed by atoms with van der Waals surface area (Å²) < 4.78 is 6.25. The Bertz CT molecular complexity index is 1550. The molecule has 43 heavy (non-hydrogen) atoms. The van der Waals surface area contributed by atoms with Crippen molar-refractivity contribution in [1.29, 1.82) is 0 Å². The predicted molar refractivity (Wildman–Crippen MR) is 164 cm³/mol. The Morgan fingerprint density at radius 1 is 0.977 bits per heavy atom. The van der Waals surface area contributed by atoms with Crippen LogP contribution in [0.4, 0.5) is 5.69 Å². The maximum absolute atomic E-state index is 12.9. The number of aliphatic hydroxyl groups is 3. The molecule has 0 radical (unpaired) electrons. The molecule has 0 saturated carbocycles. The maximum atomic E-state index is 12.9. The van der Waals surface area contributed by atoms with Crippen LogP contribution >= 0.6 is 11.3 Å². The summed E-state index contributed by atoms with van der Waals surface area (Å²) in [5, 5.41) is 31.9. The Hall–Kier alpha value is -4.09. The maximum Gasteiger partial charge on any atom is 0.268 e. The minimum atomic E-state index is -1.56. The zero-order chi connectivity index (χ0) is 30.4. The number of hydrogen-bond donors (Lipinski definition) is 4. The van der Waals surface area contributed by atoms with Crippen molar-refractivity contribution in [2.75, 3.05) is 18.1 Å². The number of amides is 2. The lowest BCUT2D eigenvalue weighted by atomic mass is 9.89. The lowest BCUT2D eigenvalue weighted by molar-refractivity contribution is -0.124. The zero-order valence-electron chi connectivity index (χ0n) is 23.7. The van der Waals surface area contributed by atoms with Crippen molar-refractivity contribution in [3.05, 3.63) is 111 Å². The van der Waals surface area contributed by atoms with Crippen LogP contribution < -0.4 is 15.4 Å². The summed E-state index contributed by atoms with van der Waals surface area (Å²) in [6, 6.07) is 23.3. The highest BCUT2D eigenvalue weighted by Crippen LogP contribution is 2.43. The van der Waals surface area contributed by atoms with Crippen molar-refractivity contribution in [1.82, 2.24) is 4.98 Å². The smallest absolute Gasteiger partial charge is 0.268 e. The monoisotopic (exact) mass is 601 g/mol. The molecule has 1 fully saturated rings. The van der Waals surface area contributed by atoms with Crippen LogP contribution in [0.15, 0.2) is 78.2 Å². The third kappa shape index (κ3) is 7.29. The van der Waals surface area contributed by atoms with Crippen molar-refractivity contribution in [2.45, 2.75) is 50.4 Å². The number of benzene rings is 3. The van der Waals surface area contributed by atoms with Crippen LogP contribution in [0, 0.1) is 0 Å². The van der Waals surface area contributed by atoms with Gasteiger partial charge >= 0.3 is 0 Å². The molecule has 4 aromatic rings. The molecule has 5 rings (SSSR count). The number of thiazole rings is 1. The van der Waals surface area contributed by atoms with Gasteiger partial charge < -0.3 is 30.7 Å². The SMILES string of the molecule is NC(=O)c1csc(CCc2ccc(N3C(=O)CC3c3cc(CCC(O)(CO)CO)ccc3OCc3ccccc3)cc2)n1. The molecule has 1 aliphatic rings. The number of hydrogen-bond acceptors (Lipinski definition) is 8. The second kappa shape index (κ2) is 13.5. The van der Waals surface area contributed by atoms with Crippen molar-refractivity contribution >= 4 is 28.8 Å². The molecular weight excluding hydrogens is 566 g/mol. The lowest BCUT2D eigenvalue weighted by Gasteiger charge is -2.41. The largest absolute Gasteiger partial charge is 0.489 e. The summed E-state index contributed by atoms with van der Waals surface area (Å²) in [6.07, 6.45) is 2.36. The highest BCUT2D eigenvalue weighted by atomic mass is 32.1. The van der Waals surface area contributed by atoms with Gasteiger partial charge in [0.2, 0.25) is 5.91 Å². The molecule has 1 saturated heterocycles. The summed E-state index contributed by atoms with van der Waals surface area (Å²) in [4.78, 5) is 30.3. The molecule has 0 bridgehead atoms. The first-order valence-corrected chi connectivity index (χ1v) is 15.1. The third-order valence-corrected chi connectivity index (χ3v) is 8.64. The second-order valence-electron chi connectivity index (χ2n) is 10.8. The second-order valence-corrected chi connectivity index (χ2v) is 11.8. The number of nitrogens with zero attached hydrogens (tertiary/aromatic N) is 2. The van der Waals surface area contributed by atoms with Gasteiger partial charge in [0, 0.05) is 23.1 Å². The Morgan fingerprint density at radius 3 is 2.35 bits per heavy atom. The highest BCUT2D eigenvalue weighted by molar-refractivity contribution is 7.09. The average molecular weight is 602 g/mol. The molecule has 1 aromatic heterocycles. The van der Waals surface area contributed by atoms with Gasteiger partial charge in [-0.15, -0.1) is 11.3 Å². The van der Waals surface area contributed by atoms with E-state index in [9.17, 15) is 24.9 Å². The Kier molecular flexibility index (Phi) is 9.52. The number of nitrogens with two attached hydrogens (primary N) is 1. The minimum absolute atomic E-state index is 0.00821. The molecule has 10 heteroatoms. The van der Waals surface area contributed by atoms with Gasteiger partial charge in [0.05, 0.1) is 30.7 Å². The van der Waals surface area contributed by atoms with Gasteiger partial charge in [-0.2, -0.15) is 0 Å². The van der Waals surface area contributed by atoms with E-state index < -0.39 is 24.7 Å². The van der Waals surface area contributed by atoms with Gasteiger partial charge in [0.1, 0.15) is 23.7 Å². The molecule has 0 aliphatic carbocycles. The number of carbonyl (C=O) groups excluding carboxylic acids is 2. The molecule has 224 valence electrons. The van der Waals surface area contributed by atoms with E-state index in [0.717, 1.165) is 39.4 Å². The predicted octanol–water partition coefficient (Wildman–Crippen LogP) is 3.73. The van der Waals surface area contributed by atoms with E-state index in [-0.39, 0.29) is 24.1 Å². The molecular formula is C33H35N3O6S. The fourth-order valence-electron chi connectivity index (χ4n) is 5.07. The van der Waals surface area contributed by atoms with E-state index in [4.69, 9.17) is 10.5 Å². The summed E-state index contributed by atoms with van der Waals surface area (Å²) in [6.45, 7) is -0.696. The quantitative estimate of drug-likeness (QED) is 0.161. The van der Waals surface area contributed by atoms with Gasteiger partial charge in [-0.25, -0.2) is 4.98 Å². The van der Waals surface area contributed by atoms with Crippen molar-refractivity contribution in [3.63, 3.8) is 0 Å². The molecule has 2 amide bonds.